The SMILES string of the molecule is FC(F)Oc1c(Br)ccc2c1C=NCCC2. The van der Waals surface area contributed by atoms with Gasteiger partial charge in [-0.3, -0.25) is 4.99 Å². The Kier molecular flexibility index (Phi) is 3.53. The fourth-order valence-electron chi connectivity index (χ4n) is 1.70. The van der Waals surface area contributed by atoms with Gasteiger partial charge in [-0.05, 0) is 40.4 Å². The van der Waals surface area contributed by atoms with E-state index in [9.17, 15) is 8.78 Å². The van der Waals surface area contributed by atoms with Gasteiger partial charge in [-0.25, -0.2) is 0 Å². The lowest BCUT2D eigenvalue weighted by Gasteiger charge is -2.12. The minimum absolute atomic E-state index is 0.179. The van der Waals surface area contributed by atoms with Gasteiger partial charge in [0.2, 0.25) is 0 Å². The highest BCUT2D eigenvalue weighted by molar-refractivity contribution is 9.10. The van der Waals surface area contributed by atoms with Crippen LogP contribution in [0.1, 0.15) is 17.5 Å². The lowest BCUT2D eigenvalue weighted by Crippen LogP contribution is -2.06. The molecule has 0 bridgehead atoms. The minimum Gasteiger partial charge on any atom is -0.433 e. The zero-order valence-electron chi connectivity index (χ0n) is 8.42. The fourth-order valence-corrected chi connectivity index (χ4v) is 2.14. The monoisotopic (exact) mass is 289 g/mol. The average Bonchev–Trinajstić information content (AvgIpc) is 2.47. The number of aliphatic imine (C=N–C) groups is 1. The van der Waals surface area contributed by atoms with E-state index >= 15 is 0 Å². The molecule has 0 spiro atoms. The van der Waals surface area contributed by atoms with E-state index < -0.39 is 6.61 Å². The Balaban J connectivity index is 2.47. The number of hydrogen-bond acceptors (Lipinski definition) is 2. The van der Waals surface area contributed by atoms with E-state index in [0.29, 0.717) is 10.0 Å². The lowest BCUT2D eigenvalue weighted by molar-refractivity contribution is -0.0504. The standard InChI is InChI=1S/C11H10BrF2NO/c12-9-4-3-7-2-1-5-15-6-8(7)10(9)16-11(13)14/h3-4,6,11H,1-2,5H2. The van der Waals surface area contributed by atoms with Gasteiger partial charge in [0, 0.05) is 18.3 Å². The van der Waals surface area contributed by atoms with Gasteiger partial charge < -0.3 is 4.74 Å². The molecule has 0 fully saturated rings. The molecule has 1 heterocycles. The smallest absolute Gasteiger partial charge is 0.387 e. The van der Waals surface area contributed by atoms with E-state index in [2.05, 4.69) is 25.7 Å². The van der Waals surface area contributed by atoms with Crippen molar-refractivity contribution in [1.82, 2.24) is 0 Å². The summed E-state index contributed by atoms with van der Waals surface area (Å²) < 4.78 is 29.6. The molecular formula is C11H10BrF2NO. The molecule has 2 rings (SSSR count). The number of hydrogen-bond donors (Lipinski definition) is 0. The highest BCUT2D eigenvalue weighted by Gasteiger charge is 2.16. The molecule has 1 aromatic rings. The third kappa shape index (κ3) is 2.40. The largest absolute Gasteiger partial charge is 0.433 e. The van der Waals surface area contributed by atoms with E-state index in [1.54, 1.807) is 12.3 Å². The van der Waals surface area contributed by atoms with Crippen LogP contribution < -0.4 is 4.74 Å². The van der Waals surface area contributed by atoms with Crippen molar-refractivity contribution in [2.24, 2.45) is 4.99 Å². The molecule has 1 aliphatic heterocycles. The molecule has 0 aromatic heterocycles. The normalized spacial score (nSPS) is 14.8. The first-order chi connectivity index (χ1) is 7.68. The van der Waals surface area contributed by atoms with Crippen molar-refractivity contribution in [3.8, 4) is 5.75 Å². The van der Waals surface area contributed by atoms with Gasteiger partial charge in [0.05, 0.1) is 4.47 Å². The van der Waals surface area contributed by atoms with Gasteiger partial charge in [0.25, 0.3) is 0 Å². The van der Waals surface area contributed by atoms with Crippen LogP contribution in [0.25, 0.3) is 0 Å². The third-order valence-electron chi connectivity index (χ3n) is 2.40. The Morgan fingerprint density at radius 2 is 2.19 bits per heavy atom. The predicted molar refractivity (Wildman–Crippen MR) is 61.6 cm³/mol. The summed E-state index contributed by atoms with van der Waals surface area (Å²) in [5, 5.41) is 0. The number of benzene rings is 1. The first-order valence-corrected chi connectivity index (χ1v) is 5.74. The number of aryl methyl sites for hydroxylation is 1. The molecule has 0 saturated carbocycles. The van der Waals surface area contributed by atoms with Crippen molar-refractivity contribution in [1.29, 1.82) is 0 Å². The second-order valence-corrected chi connectivity index (χ2v) is 4.32. The summed E-state index contributed by atoms with van der Waals surface area (Å²) in [4.78, 5) is 4.15. The van der Waals surface area contributed by atoms with Gasteiger partial charge in [0.15, 0.2) is 0 Å². The predicted octanol–water partition coefficient (Wildman–Crippen LogP) is 3.42. The Morgan fingerprint density at radius 1 is 1.38 bits per heavy atom. The fraction of sp³-hybridized carbons (Fsp3) is 0.364. The highest BCUT2D eigenvalue weighted by Crippen LogP contribution is 2.33. The van der Waals surface area contributed by atoms with E-state index in [1.165, 1.54) is 0 Å². The maximum absolute atomic E-state index is 12.3. The first-order valence-electron chi connectivity index (χ1n) is 4.94. The van der Waals surface area contributed by atoms with Crippen LogP contribution in [0.5, 0.6) is 5.75 Å². The van der Waals surface area contributed by atoms with Crippen LogP contribution in [0.15, 0.2) is 21.6 Å². The summed E-state index contributed by atoms with van der Waals surface area (Å²) in [7, 11) is 0. The Morgan fingerprint density at radius 3 is 2.94 bits per heavy atom. The van der Waals surface area contributed by atoms with Crippen molar-refractivity contribution in [3.05, 3.63) is 27.7 Å². The molecule has 5 heteroatoms. The van der Waals surface area contributed by atoms with Crippen molar-refractivity contribution in [2.75, 3.05) is 6.54 Å². The van der Waals surface area contributed by atoms with Crippen LogP contribution in [-0.4, -0.2) is 19.4 Å². The molecule has 1 aliphatic rings. The summed E-state index contributed by atoms with van der Waals surface area (Å²) in [6, 6.07) is 3.64. The van der Waals surface area contributed by atoms with Crippen LogP contribution in [0, 0.1) is 0 Å². The number of alkyl halides is 2. The average molecular weight is 290 g/mol. The van der Waals surface area contributed by atoms with Crippen molar-refractivity contribution in [2.45, 2.75) is 19.5 Å². The molecule has 0 atom stereocenters. The van der Waals surface area contributed by atoms with Crippen LogP contribution in [0.3, 0.4) is 0 Å². The molecule has 86 valence electrons. The zero-order chi connectivity index (χ0) is 11.5. The second-order valence-electron chi connectivity index (χ2n) is 3.47. The van der Waals surface area contributed by atoms with Gasteiger partial charge >= 0.3 is 6.61 Å². The molecule has 0 saturated heterocycles. The van der Waals surface area contributed by atoms with Crippen LogP contribution >= 0.6 is 15.9 Å². The second kappa shape index (κ2) is 4.91. The van der Waals surface area contributed by atoms with Gasteiger partial charge in [-0.15, -0.1) is 0 Å². The molecule has 2 nitrogen and oxygen atoms in total. The van der Waals surface area contributed by atoms with Gasteiger partial charge in [-0.2, -0.15) is 8.78 Å². The van der Waals surface area contributed by atoms with E-state index in [4.69, 9.17) is 0 Å². The van der Waals surface area contributed by atoms with E-state index in [0.717, 1.165) is 24.9 Å². The molecule has 0 unspecified atom stereocenters. The Hall–Kier alpha value is -0.970. The number of fused-ring (bicyclic) bond motifs is 1. The van der Waals surface area contributed by atoms with Crippen molar-refractivity contribution >= 4 is 22.1 Å². The Labute approximate surface area is 100 Å². The number of rotatable bonds is 2. The molecule has 0 amide bonds. The zero-order valence-corrected chi connectivity index (χ0v) is 10.0. The van der Waals surface area contributed by atoms with E-state index in [-0.39, 0.29) is 5.75 Å². The maximum Gasteiger partial charge on any atom is 0.387 e. The summed E-state index contributed by atoms with van der Waals surface area (Å²) in [5.74, 6) is 0.179. The Bertz CT molecular complexity index is 421. The number of halogens is 3. The van der Waals surface area contributed by atoms with Gasteiger partial charge in [0.1, 0.15) is 5.75 Å². The van der Waals surface area contributed by atoms with Crippen molar-refractivity contribution < 1.29 is 13.5 Å². The molecule has 0 N–H and O–H groups in total. The maximum atomic E-state index is 12.3. The quantitative estimate of drug-likeness (QED) is 0.818. The molecule has 16 heavy (non-hydrogen) atoms. The molecule has 0 aliphatic carbocycles. The van der Waals surface area contributed by atoms with Crippen molar-refractivity contribution in [3.63, 3.8) is 0 Å². The van der Waals surface area contributed by atoms with Crippen LogP contribution in [0.4, 0.5) is 8.78 Å². The highest BCUT2D eigenvalue weighted by atomic mass is 79.9. The van der Waals surface area contributed by atoms with E-state index in [1.807, 2.05) is 6.07 Å². The third-order valence-corrected chi connectivity index (χ3v) is 3.02. The lowest BCUT2D eigenvalue weighted by atomic mass is 10.0. The molecule has 1 aromatic carbocycles. The summed E-state index contributed by atoms with van der Waals surface area (Å²) in [6.45, 7) is -2.10. The first kappa shape index (κ1) is 11.5. The number of ether oxygens (including phenoxy) is 1. The number of nitrogens with zero attached hydrogens (tertiary/aromatic N) is 1. The minimum atomic E-state index is -2.82. The summed E-state index contributed by atoms with van der Waals surface area (Å²) >= 11 is 3.21. The topological polar surface area (TPSA) is 21.6 Å². The summed E-state index contributed by atoms with van der Waals surface area (Å²) in [6.07, 6.45) is 3.38. The van der Waals surface area contributed by atoms with Crippen LogP contribution in [-0.2, 0) is 6.42 Å². The van der Waals surface area contributed by atoms with Gasteiger partial charge in [-0.1, -0.05) is 6.07 Å². The van der Waals surface area contributed by atoms with Crippen LogP contribution in [0.2, 0.25) is 0 Å². The summed E-state index contributed by atoms with van der Waals surface area (Å²) in [5.41, 5.74) is 1.66. The molecular weight excluding hydrogens is 280 g/mol. The molecule has 0 radical (unpaired) electrons.